The second kappa shape index (κ2) is 7.61. The number of carbonyl (C=O) groups excluding carboxylic acids is 2. The number of aliphatic hydroxyl groups is 1. The Morgan fingerprint density at radius 1 is 1.19 bits per heavy atom. The Balaban J connectivity index is 1.76. The molecule has 1 unspecified atom stereocenters. The third kappa shape index (κ3) is 4.33. The molecule has 1 atom stereocenters. The number of amides is 2. The molecule has 8 heteroatoms. The lowest BCUT2D eigenvalue weighted by atomic mass is 10.1. The van der Waals surface area contributed by atoms with Crippen molar-refractivity contribution >= 4 is 46.5 Å². The summed E-state index contributed by atoms with van der Waals surface area (Å²) in [7, 11) is 0. The first kappa shape index (κ1) is 18.6. The molecule has 1 heterocycles. The van der Waals surface area contributed by atoms with Gasteiger partial charge < -0.3 is 15.7 Å². The van der Waals surface area contributed by atoms with E-state index in [1.165, 1.54) is 18.3 Å². The molecule has 0 radical (unpaired) electrons. The second-order valence-corrected chi connectivity index (χ2v) is 7.00. The molecule has 3 N–H and O–H groups in total. The molecule has 0 aliphatic heterocycles. The molecule has 0 spiro atoms. The first-order valence-corrected chi connectivity index (χ1v) is 8.86. The number of hydrogen-bond acceptors (Lipinski definition) is 4. The molecule has 2 aromatic rings. The van der Waals surface area contributed by atoms with Crippen molar-refractivity contribution in [3.05, 3.63) is 51.6 Å². The van der Waals surface area contributed by atoms with Gasteiger partial charge in [0.15, 0.2) is 0 Å². The SMILES string of the molecule is CC(O)c1cc(Cl)c(C(=O)Nc2ccnc(NC(=O)C3CC3)c2)c(Cl)c1. The van der Waals surface area contributed by atoms with E-state index in [1.54, 1.807) is 19.1 Å². The van der Waals surface area contributed by atoms with Crippen LogP contribution in [-0.2, 0) is 4.79 Å². The van der Waals surface area contributed by atoms with Crippen LogP contribution in [0.3, 0.4) is 0 Å². The number of aliphatic hydroxyl groups excluding tert-OH is 1. The van der Waals surface area contributed by atoms with Gasteiger partial charge in [-0.15, -0.1) is 0 Å². The summed E-state index contributed by atoms with van der Waals surface area (Å²) < 4.78 is 0. The fourth-order valence-corrected chi connectivity index (χ4v) is 3.07. The average molecular weight is 394 g/mol. The Morgan fingerprint density at radius 2 is 1.85 bits per heavy atom. The molecule has 6 nitrogen and oxygen atoms in total. The molecular formula is C18H17Cl2N3O3. The fraction of sp³-hybridized carbons (Fsp3) is 0.278. The smallest absolute Gasteiger partial charge is 0.258 e. The topological polar surface area (TPSA) is 91.3 Å². The van der Waals surface area contributed by atoms with Crippen LogP contribution in [-0.4, -0.2) is 21.9 Å². The van der Waals surface area contributed by atoms with Gasteiger partial charge in [-0.3, -0.25) is 9.59 Å². The summed E-state index contributed by atoms with van der Waals surface area (Å²) >= 11 is 12.3. The molecule has 1 aliphatic carbocycles. The summed E-state index contributed by atoms with van der Waals surface area (Å²) in [6.45, 7) is 1.58. The maximum absolute atomic E-state index is 12.5. The standard InChI is InChI=1S/C18H17Cl2N3O3/c1-9(24)11-6-13(19)16(14(20)7-11)18(26)22-12-4-5-21-15(8-12)23-17(25)10-2-3-10/h4-10,24H,2-3H2,1H3,(H2,21,22,23,25,26). The zero-order valence-corrected chi connectivity index (χ0v) is 15.4. The van der Waals surface area contributed by atoms with Gasteiger partial charge in [-0.1, -0.05) is 23.2 Å². The van der Waals surface area contributed by atoms with Crippen molar-refractivity contribution < 1.29 is 14.7 Å². The summed E-state index contributed by atoms with van der Waals surface area (Å²) in [6, 6.07) is 6.16. The van der Waals surface area contributed by atoms with Crippen LogP contribution >= 0.6 is 23.2 Å². The minimum absolute atomic E-state index is 0.0556. The Hall–Kier alpha value is -2.15. The summed E-state index contributed by atoms with van der Waals surface area (Å²) in [6.07, 6.45) is 2.52. The van der Waals surface area contributed by atoms with E-state index < -0.39 is 12.0 Å². The first-order valence-electron chi connectivity index (χ1n) is 8.10. The van der Waals surface area contributed by atoms with E-state index in [2.05, 4.69) is 15.6 Å². The Kier molecular flexibility index (Phi) is 5.46. The predicted octanol–water partition coefficient (Wildman–Crippen LogP) is 4.04. The third-order valence-corrected chi connectivity index (χ3v) is 4.59. The fourth-order valence-electron chi connectivity index (χ4n) is 2.39. The lowest BCUT2D eigenvalue weighted by Crippen LogP contribution is -2.16. The van der Waals surface area contributed by atoms with E-state index in [4.69, 9.17) is 23.2 Å². The summed E-state index contributed by atoms with van der Waals surface area (Å²) in [5.74, 6) is -0.148. The lowest BCUT2D eigenvalue weighted by Gasteiger charge is -2.12. The van der Waals surface area contributed by atoms with Crippen LogP contribution in [0.4, 0.5) is 11.5 Å². The largest absolute Gasteiger partial charge is 0.389 e. The van der Waals surface area contributed by atoms with Crippen LogP contribution in [0.2, 0.25) is 10.0 Å². The number of anilines is 2. The molecule has 1 aromatic carbocycles. The predicted molar refractivity (Wildman–Crippen MR) is 101 cm³/mol. The highest BCUT2D eigenvalue weighted by atomic mass is 35.5. The van der Waals surface area contributed by atoms with Crippen LogP contribution in [0.25, 0.3) is 0 Å². The van der Waals surface area contributed by atoms with Crippen LogP contribution in [0.1, 0.15) is 41.8 Å². The van der Waals surface area contributed by atoms with Gasteiger partial charge in [0.2, 0.25) is 5.91 Å². The monoisotopic (exact) mass is 393 g/mol. The highest BCUT2D eigenvalue weighted by Crippen LogP contribution is 2.31. The lowest BCUT2D eigenvalue weighted by molar-refractivity contribution is -0.117. The van der Waals surface area contributed by atoms with Crippen molar-refractivity contribution in [2.75, 3.05) is 10.6 Å². The molecule has 2 amide bonds. The quantitative estimate of drug-likeness (QED) is 0.714. The zero-order valence-electron chi connectivity index (χ0n) is 13.9. The van der Waals surface area contributed by atoms with Gasteiger partial charge in [-0.25, -0.2) is 4.98 Å². The number of carbonyl (C=O) groups is 2. The maximum atomic E-state index is 12.5. The van der Waals surface area contributed by atoms with Crippen molar-refractivity contribution in [3.8, 4) is 0 Å². The highest BCUT2D eigenvalue weighted by molar-refractivity contribution is 6.40. The molecule has 1 fully saturated rings. The minimum Gasteiger partial charge on any atom is -0.389 e. The first-order chi connectivity index (χ1) is 12.3. The van der Waals surface area contributed by atoms with E-state index in [1.807, 2.05) is 0 Å². The van der Waals surface area contributed by atoms with E-state index in [0.717, 1.165) is 12.8 Å². The van der Waals surface area contributed by atoms with Crippen molar-refractivity contribution in [1.82, 2.24) is 4.98 Å². The number of aromatic nitrogens is 1. The van der Waals surface area contributed by atoms with Gasteiger partial charge in [-0.05, 0) is 43.5 Å². The second-order valence-electron chi connectivity index (χ2n) is 6.18. The maximum Gasteiger partial charge on any atom is 0.258 e. The number of pyridine rings is 1. The molecule has 1 saturated carbocycles. The molecule has 1 aromatic heterocycles. The van der Waals surface area contributed by atoms with Crippen LogP contribution in [0.15, 0.2) is 30.5 Å². The molecular weight excluding hydrogens is 377 g/mol. The van der Waals surface area contributed by atoms with Gasteiger partial charge in [-0.2, -0.15) is 0 Å². The number of nitrogens with one attached hydrogen (secondary N) is 2. The minimum atomic E-state index is -0.750. The van der Waals surface area contributed by atoms with Gasteiger partial charge in [0.05, 0.1) is 21.7 Å². The summed E-state index contributed by atoms with van der Waals surface area (Å²) in [5.41, 5.74) is 1.08. The molecule has 1 aliphatic rings. The average Bonchev–Trinajstić information content (AvgIpc) is 3.39. The summed E-state index contributed by atoms with van der Waals surface area (Å²) in [4.78, 5) is 28.4. The molecule has 26 heavy (non-hydrogen) atoms. The summed E-state index contributed by atoms with van der Waals surface area (Å²) in [5, 5.41) is 15.3. The Morgan fingerprint density at radius 3 is 2.42 bits per heavy atom. The third-order valence-electron chi connectivity index (χ3n) is 3.99. The highest BCUT2D eigenvalue weighted by Gasteiger charge is 2.29. The van der Waals surface area contributed by atoms with Gasteiger partial charge >= 0.3 is 0 Å². The molecule has 0 saturated heterocycles. The number of hydrogen-bond donors (Lipinski definition) is 3. The van der Waals surface area contributed by atoms with E-state index in [0.29, 0.717) is 17.1 Å². The van der Waals surface area contributed by atoms with Gasteiger partial charge in [0.25, 0.3) is 5.91 Å². The van der Waals surface area contributed by atoms with Crippen molar-refractivity contribution in [1.29, 1.82) is 0 Å². The van der Waals surface area contributed by atoms with Crippen molar-refractivity contribution in [3.63, 3.8) is 0 Å². The van der Waals surface area contributed by atoms with Crippen molar-refractivity contribution in [2.45, 2.75) is 25.9 Å². The molecule has 3 rings (SSSR count). The van der Waals surface area contributed by atoms with Crippen LogP contribution in [0.5, 0.6) is 0 Å². The molecule has 136 valence electrons. The molecule has 0 bridgehead atoms. The van der Waals surface area contributed by atoms with Gasteiger partial charge in [0, 0.05) is 23.9 Å². The van der Waals surface area contributed by atoms with Crippen molar-refractivity contribution in [2.24, 2.45) is 5.92 Å². The Labute approximate surface area is 160 Å². The van der Waals surface area contributed by atoms with Crippen LogP contribution in [0, 0.1) is 5.92 Å². The number of nitrogens with zero attached hydrogens (tertiary/aromatic N) is 1. The van der Waals surface area contributed by atoms with E-state index in [-0.39, 0.29) is 27.4 Å². The van der Waals surface area contributed by atoms with Gasteiger partial charge in [0.1, 0.15) is 5.82 Å². The Bertz CT molecular complexity index is 844. The number of halogens is 2. The van der Waals surface area contributed by atoms with E-state index >= 15 is 0 Å². The van der Waals surface area contributed by atoms with Crippen LogP contribution < -0.4 is 10.6 Å². The zero-order chi connectivity index (χ0) is 18.8. The number of rotatable bonds is 5. The normalized spacial score (nSPS) is 14.6. The van der Waals surface area contributed by atoms with E-state index in [9.17, 15) is 14.7 Å². The number of benzene rings is 1.